The van der Waals surface area contributed by atoms with E-state index in [0.29, 0.717) is 12.1 Å². The predicted octanol–water partition coefficient (Wildman–Crippen LogP) is 1.25. The third kappa shape index (κ3) is 2.35. The zero-order chi connectivity index (χ0) is 9.14. The Kier molecular flexibility index (Phi) is 3.81. The number of likely N-dealkylation sites (N-methyl/N-ethyl adjacent to an activating group) is 1. The van der Waals surface area contributed by atoms with E-state index in [2.05, 4.69) is 30.7 Å². The van der Waals surface area contributed by atoms with E-state index in [4.69, 9.17) is 11.6 Å². The van der Waals surface area contributed by atoms with Gasteiger partial charge in [0, 0.05) is 37.6 Å². The van der Waals surface area contributed by atoms with Crippen LogP contribution in [0.5, 0.6) is 0 Å². The smallest absolute Gasteiger partial charge is 0.0351 e. The first kappa shape index (κ1) is 10.3. The molecule has 0 aromatic rings. The molecule has 0 saturated carbocycles. The van der Waals surface area contributed by atoms with E-state index < -0.39 is 0 Å². The minimum Gasteiger partial charge on any atom is -0.299 e. The van der Waals surface area contributed by atoms with Gasteiger partial charge in [-0.1, -0.05) is 0 Å². The van der Waals surface area contributed by atoms with Crippen LogP contribution in [0, 0.1) is 0 Å². The van der Waals surface area contributed by atoms with E-state index in [0.717, 1.165) is 25.5 Å². The number of nitrogens with zero attached hydrogens (tertiary/aromatic N) is 2. The van der Waals surface area contributed by atoms with Crippen molar-refractivity contribution in [3.63, 3.8) is 0 Å². The SMILES string of the molecule is CC1CN(CCCl)CC(C)N1C. The quantitative estimate of drug-likeness (QED) is 0.605. The van der Waals surface area contributed by atoms with Crippen LogP contribution in [0.1, 0.15) is 13.8 Å². The molecule has 1 aliphatic rings. The summed E-state index contributed by atoms with van der Waals surface area (Å²) in [6, 6.07) is 1.33. The predicted molar refractivity (Wildman–Crippen MR) is 53.8 cm³/mol. The Morgan fingerprint density at radius 1 is 1.25 bits per heavy atom. The van der Waals surface area contributed by atoms with E-state index in [1.807, 2.05) is 0 Å². The molecule has 0 aromatic carbocycles. The Labute approximate surface area is 80.5 Å². The zero-order valence-electron chi connectivity index (χ0n) is 8.26. The molecule has 1 saturated heterocycles. The van der Waals surface area contributed by atoms with Crippen LogP contribution in [0.15, 0.2) is 0 Å². The maximum Gasteiger partial charge on any atom is 0.0351 e. The second-order valence-electron chi connectivity index (χ2n) is 3.81. The van der Waals surface area contributed by atoms with Crippen LogP contribution in [0.3, 0.4) is 0 Å². The summed E-state index contributed by atoms with van der Waals surface area (Å²) >= 11 is 5.71. The molecular formula is C9H19ClN2. The van der Waals surface area contributed by atoms with Crippen LogP contribution in [0.4, 0.5) is 0 Å². The largest absolute Gasteiger partial charge is 0.299 e. The highest BCUT2D eigenvalue weighted by molar-refractivity contribution is 6.18. The van der Waals surface area contributed by atoms with Crippen molar-refractivity contribution in [3.8, 4) is 0 Å². The van der Waals surface area contributed by atoms with E-state index in [1.165, 1.54) is 0 Å². The fourth-order valence-corrected chi connectivity index (χ4v) is 2.06. The lowest BCUT2D eigenvalue weighted by atomic mass is 10.1. The minimum atomic E-state index is 0.664. The van der Waals surface area contributed by atoms with Gasteiger partial charge in [-0.2, -0.15) is 0 Å². The maximum absolute atomic E-state index is 5.71. The average molecular weight is 191 g/mol. The highest BCUT2D eigenvalue weighted by Crippen LogP contribution is 2.12. The normalized spacial score (nSPS) is 34.0. The second kappa shape index (κ2) is 4.45. The van der Waals surface area contributed by atoms with Crippen LogP contribution >= 0.6 is 11.6 Å². The monoisotopic (exact) mass is 190 g/mol. The first-order valence-corrected chi connectivity index (χ1v) is 5.19. The Morgan fingerprint density at radius 2 is 1.75 bits per heavy atom. The number of halogens is 1. The van der Waals surface area contributed by atoms with Crippen molar-refractivity contribution < 1.29 is 0 Å². The van der Waals surface area contributed by atoms with Crippen LogP contribution in [-0.4, -0.2) is 54.4 Å². The molecule has 1 heterocycles. The number of alkyl halides is 1. The summed E-state index contributed by atoms with van der Waals surface area (Å²) in [5.74, 6) is 0.753. The summed E-state index contributed by atoms with van der Waals surface area (Å²) < 4.78 is 0. The van der Waals surface area contributed by atoms with Gasteiger partial charge in [0.25, 0.3) is 0 Å². The van der Waals surface area contributed by atoms with Crippen molar-refractivity contribution in [1.29, 1.82) is 0 Å². The van der Waals surface area contributed by atoms with Gasteiger partial charge in [-0.3, -0.25) is 9.80 Å². The molecule has 12 heavy (non-hydrogen) atoms. The number of hydrogen-bond donors (Lipinski definition) is 0. The maximum atomic E-state index is 5.71. The number of piperazine rings is 1. The summed E-state index contributed by atoms with van der Waals surface area (Å²) in [5.41, 5.74) is 0. The topological polar surface area (TPSA) is 6.48 Å². The second-order valence-corrected chi connectivity index (χ2v) is 4.19. The van der Waals surface area contributed by atoms with Crippen LogP contribution in [0.2, 0.25) is 0 Å². The van der Waals surface area contributed by atoms with Gasteiger partial charge in [0.2, 0.25) is 0 Å². The molecule has 0 bridgehead atoms. The van der Waals surface area contributed by atoms with Crippen molar-refractivity contribution in [3.05, 3.63) is 0 Å². The molecule has 1 rings (SSSR count). The first-order valence-electron chi connectivity index (χ1n) is 4.65. The molecule has 1 aliphatic heterocycles. The summed E-state index contributed by atoms with van der Waals surface area (Å²) in [4.78, 5) is 4.88. The van der Waals surface area contributed by atoms with Crippen LogP contribution in [-0.2, 0) is 0 Å². The average Bonchev–Trinajstić information content (AvgIpc) is 2.01. The van der Waals surface area contributed by atoms with E-state index in [1.54, 1.807) is 0 Å². The third-order valence-corrected chi connectivity index (χ3v) is 3.01. The van der Waals surface area contributed by atoms with Gasteiger partial charge in [-0.15, -0.1) is 11.6 Å². The summed E-state index contributed by atoms with van der Waals surface area (Å²) in [6.07, 6.45) is 0. The van der Waals surface area contributed by atoms with Gasteiger partial charge in [-0.25, -0.2) is 0 Å². The van der Waals surface area contributed by atoms with Crippen molar-refractivity contribution in [2.45, 2.75) is 25.9 Å². The summed E-state index contributed by atoms with van der Waals surface area (Å²) in [5, 5.41) is 0. The van der Waals surface area contributed by atoms with Gasteiger partial charge in [0.15, 0.2) is 0 Å². The summed E-state index contributed by atoms with van der Waals surface area (Å²) in [7, 11) is 2.20. The molecule has 0 radical (unpaired) electrons. The molecule has 2 unspecified atom stereocenters. The molecular weight excluding hydrogens is 172 g/mol. The summed E-state index contributed by atoms with van der Waals surface area (Å²) in [6.45, 7) is 7.90. The van der Waals surface area contributed by atoms with Crippen molar-refractivity contribution >= 4 is 11.6 Å². The van der Waals surface area contributed by atoms with Crippen molar-refractivity contribution in [2.24, 2.45) is 0 Å². The highest BCUT2D eigenvalue weighted by atomic mass is 35.5. The molecule has 72 valence electrons. The molecule has 0 aliphatic carbocycles. The van der Waals surface area contributed by atoms with E-state index in [-0.39, 0.29) is 0 Å². The number of hydrogen-bond acceptors (Lipinski definition) is 2. The highest BCUT2D eigenvalue weighted by Gasteiger charge is 2.25. The molecule has 0 aromatic heterocycles. The van der Waals surface area contributed by atoms with Crippen LogP contribution < -0.4 is 0 Å². The Bertz CT molecular complexity index is 128. The molecule has 2 atom stereocenters. The molecule has 0 amide bonds. The molecule has 2 nitrogen and oxygen atoms in total. The van der Waals surface area contributed by atoms with Gasteiger partial charge in [0.05, 0.1) is 0 Å². The van der Waals surface area contributed by atoms with Gasteiger partial charge in [0.1, 0.15) is 0 Å². The first-order chi connectivity index (χ1) is 5.65. The third-order valence-electron chi connectivity index (χ3n) is 2.84. The Morgan fingerprint density at radius 3 is 2.17 bits per heavy atom. The van der Waals surface area contributed by atoms with Crippen molar-refractivity contribution in [2.75, 3.05) is 32.6 Å². The van der Waals surface area contributed by atoms with E-state index >= 15 is 0 Å². The minimum absolute atomic E-state index is 0.664. The van der Waals surface area contributed by atoms with Crippen molar-refractivity contribution in [1.82, 2.24) is 9.80 Å². The van der Waals surface area contributed by atoms with Gasteiger partial charge >= 0.3 is 0 Å². The number of rotatable bonds is 2. The molecule has 0 spiro atoms. The Hall–Kier alpha value is 0.210. The lowest BCUT2D eigenvalue weighted by Gasteiger charge is -2.42. The standard InChI is InChI=1S/C9H19ClN2/c1-8-6-12(5-4-10)7-9(2)11(8)3/h8-9H,4-7H2,1-3H3. The molecule has 0 N–H and O–H groups in total. The van der Waals surface area contributed by atoms with Crippen LogP contribution in [0.25, 0.3) is 0 Å². The van der Waals surface area contributed by atoms with Gasteiger partial charge < -0.3 is 0 Å². The fourth-order valence-electron chi connectivity index (χ4n) is 1.82. The zero-order valence-corrected chi connectivity index (χ0v) is 9.01. The fraction of sp³-hybridized carbons (Fsp3) is 1.00. The van der Waals surface area contributed by atoms with Gasteiger partial charge in [-0.05, 0) is 20.9 Å². The van der Waals surface area contributed by atoms with E-state index in [9.17, 15) is 0 Å². The molecule has 1 fully saturated rings. The Balaban J connectivity index is 2.42. The lowest BCUT2D eigenvalue weighted by molar-refractivity contribution is 0.0640. The lowest BCUT2D eigenvalue weighted by Crippen LogP contribution is -2.55. The molecule has 3 heteroatoms.